The van der Waals surface area contributed by atoms with Crippen molar-refractivity contribution in [3.8, 4) is 0 Å². The van der Waals surface area contributed by atoms with Gasteiger partial charge in [-0.2, -0.15) is 0 Å². The molecule has 43 heavy (non-hydrogen) atoms. The number of rotatable bonds is 11. The number of para-hydroxylation sites is 1. The maximum absolute atomic E-state index is 14.0. The van der Waals surface area contributed by atoms with Crippen LogP contribution in [-0.4, -0.2) is 63.4 Å². The lowest BCUT2D eigenvalue weighted by Gasteiger charge is -2.24. The zero-order chi connectivity index (χ0) is 30.6. The molecule has 0 unspecified atom stereocenters. The minimum atomic E-state index is -3.24. The molecule has 5 rings (SSSR count). The number of anilines is 2. The predicted octanol–water partition coefficient (Wildman–Crippen LogP) is 5.98. The third-order valence-electron chi connectivity index (χ3n) is 7.34. The van der Waals surface area contributed by atoms with Gasteiger partial charge in [0.15, 0.2) is 5.17 Å². The third-order valence-corrected chi connectivity index (χ3v) is 10.4. The highest BCUT2D eigenvalue weighted by Gasteiger charge is 2.39. The van der Waals surface area contributed by atoms with Gasteiger partial charge in [-0.3, -0.25) is 9.69 Å². The van der Waals surface area contributed by atoms with Gasteiger partial charge in [0.1, 0.15) is 9.93 Å². The Bertz CT molecular complexity index is 1660. The van der Waals surface area contributed by atoms with Gasteiger partial charge in [-0.25, -0.2) is 18.1 Å². The van der Waals surface area contributed by atoms with Crippen LogP contribution < -0.4 is 14.5 Å². The average Bonchev–Trinajstić information content (AvgIpc) is 3.51. The Morgan fingerprint density at radius 1 is 0.953 bits per heavy atom. The molecule has 0 aliphatic carbocycles. The molecule has 11 heteroatoms. The molecule has 0 aromatic heterocycles. The van der Waals surface area contributed by atoms with Crippen LogP contribution in [0.25, 0.3) is 0 Å². The number of amidine groups is 1. The molecule has 3 aromatic carbocycles. The first-order chi connectivity index (χ1) is 20.7. The fraction of sp³-hybridized carbons (Fsp3) is 0.312. The highest BCUT2D eigenvalue weighted by atomic mass is 32.2. The highest BCUT2D eigenvalue weighted by molar-refractivity contribution is 8.19. The number of nitrogens with one attached hydrogen (secondary N) is 1. The van der Waals surface area contributed by atoms with Gasteiger partial charge < -0.3 is 9.80 Å². The van der Waals surface area contributed by atoms with Crippen LogP contribution in [0.4, 0.5) is 17.1 Å². The van der Waals surface area contributed by atoms with Gasteiger partial charge >= 0.3 is 0 Å². The molecule has 3 aromatic rings. The van der Waals surface area contributed by atoms with Gasteiger partial charge in [0.05, 0.1) is 17.6 Å². The smallest absolute Gasteiger partial charge is 0.269 e. The van der Waals surface area contributed by atoms with E-state index < -0.39 is 10.0 Å². The lowest BCUT2D eigenvalue weighted by molar-refractivity contribution is -0.122. The van der Waals surface area contributed by atoms with E-state index in [1.54, 1.807) is 11.8 Å². The Labute approximate surface area is 263 Å². The number of aliphatic imine (C=N–C) groups is 1. The van der Waals surface area contributed by atoms with Gasteiger partial charge in [0.2, 0.25) is 10.0 Å². The standard InChI is InChI=1S/C32H37N5O3S3/c1-5-35(21-19-33-43(4,39)40)25-16-17-26(23(3)22-25)34-32-37(20-18-24-12-8-7-9-13-24)30(38)29(42-32)31-36(6-2)27-14-10-11-15-28(27)41-31/h7-17,22,33H,5-6,18-21H2,1-4H3/b31-29-,34-32?. The van der Waals surface area contributed by atoms with Crippen LogP contribution in [0.5, 0.6) is 0 Å². The number of carbonyl (C=O) groups excluding carboxylic acids is 1. The molecule has 8 nitrogen and oxygen atoms in total. The molecule has 0 saturated carbocycles. The molecular formula is C32H37N5O3S3. The van der Waals surface area contributed by atoms with Crippen LogP contribution in [0.1, 0.15) is 25.0 Å². The number of likely N-dealkylation sites (N-methyl/N-ethyl adjacent to an activating group) is 1. The molecule has 0 atom stereocenters. The third kappa shape index (κ3) is 7.29. The van der Waals surface area contributed by atoms with Crippen molar-refractivity contribution in [1.29, 1.82) is 0 Å². The Kier molecular flexibility index (Phi) is 9.85. The quantitative estimate of drug-likeness (QED) is 0.260. The second-order valence-corrected chi connectivity index (χ2v) is 14.2. The fourth-order valence-corrected chi connectivity index (χ4v) is 7.99. The van der Waals surface area contributed by atoms with E-state index in [-0.39, 0.29) is 5.91 Å². The molecule has 1 fully saturated rings. The molecule has 2 aliphatic rings. The van der Waals surface area contributed by atoms with Gasteiger partial charge in [-0.15, -0.1) is 0 Å². The molecule has 0 spiro atoms. The fourth-order valence-electron chi connectivity index (χ4n) is 5.12. The van der Waals surface area contributed by atoms with Gasteiger partial charge in [-0.1, -0.05) is 54.2 Å². The summed E-state index contributed by atoms with van der Waals surface area (Å²) < 4.78 is 25.6. The summed E-state index contributed by atoms with van der Waals surface area (Å²) in [7, 11) is -3.24. The summed E-state index contributed by atoms with van der Waals surface area (Å²) in [6.45, 7) is 9.09. The number of amides is 1. The predicted molar refractivity (Wildman–Crippen MR) is 181 cm³/mol. The van der Waals surface area contributed by atoms with E-state index >= 15 is 0 Å². The maximum atomic E-state index is 14.0. The number of nitrogens with zero attached hydrogens (tertiary/aromatic N) is 4. The Balaban J connectivity index is 1.45. The van der Waals surface area contributed by atoms with Crippen LogP contribution in [-0.2, 0) is 21.2 Å². The number of aryl methyl sites for hydroxylation is 1. The van der Waals surface area contributed by atoms with Crippen molar-refractivity contribution >= 4 is 61.7 Å². The summed E-state index contributed by atoms with van der Waals surface area (Å²) in [6.07, 6.45) is 1.90. The number of hydrogen-bond donors (Lipinski definition) is 1. The lowest BCUT2D eigenvalue weighted by Crippen LogP contribution is -2.34. The van der Waals surface area contributed by atoms with Crippen molar-refractivity contribution in [1.82, 2.24) is 9.62 Å². The minimum Gasteiger partial charge on any atom is -0.370 e. The summed E-state index contributed by atoms with van der Waals surface area (Å²) in [6, 6.07) is 24.5. The van der Waals surface area contributed by atoms with E-state index in [2.05, 4.69) is 51.8 Å². The summed E-state index contributed by atoms with van der Waals surface area (Å²) in [5, 5.41) is 1.64. The Morgan fingerprint density at radius 3 is 2.40 bits per heavy atom. The zero-order valence-electron chi connectivity index (χ0n) is 24.9. The monoisotopic (exact) mass is 635 g/mol. The minimum absolute atomic E-state index is 0.0155. The van der Waals surface area contributed by atoms with Crippen LogP contribution in [0, 0.1) is 6.92 Å². The number of hydrogen-bond acceptors (Lipinski definition) is 8. The normalized spacial score (nSPS) is 17.7. The molecule has 1 saturated heterocycles. The van der Waals surface area contributed by atoms with E-state index in [0.717, 1.165) is 52.1 Å². The van der Waals surface area contributed by atoms with E-state index in [4.69, 9.17) is 4.99 Å². The van der Waals surface area contributed by atoms with Crippen LogP contribution in [0.3, 0.4) is 0 Å². The number of sulfonamides is 1. The molecule has 0 bridgehead atoms. The molecule has 226 valence electrons. The van der Waals surface area contributed by atoms with Crippen LogP contribution in [0.2, 0.25) is 0 Å². The number of thioether (sulfide) groups is 2. The maximum Gasteiger partial charge on any atom is 0.269 e. The van der Waals surface area contributed by atoms with Gasteiger partial charge in [0, 0.05) is 43.3 Å². The van der Waals surface area contributed by atoms with Crippen molar-refractivity contribution in [3.05, 3.63) is 93.9 Å². The van der Waals surface area contributed by atoms with Gasteiger partial charge in [-0.05, 0) is 80.4 Å². The van der Waals surface area contributed by atoms with Crippen molar-refractivity contribution in [2.24, 2.45) is 4.99 Å². The summed E-state index contributed by atoms with van der Waals surface area (Å²) >= 11 is 3.10. The number of benzene rings is 3. The van der Waals surface area contributed by atoms with Crippen molar-refractivity contribution in [2.45, 2.75) is 32.1 Å². The molecule has 2 heterocycles. The van der Waals surface area contributed by atoms with E-state index in [0.29, 0.717) is 29.7 Å². The number of carbonyl (C=O) groups is 1. The van der Waals surface area contributed by atoms with Crippen LogP contribution in [0.15, 0.2) is 92.6 Å². The largest absolute Gasteiger partial charge is 0.370 e. The molecule has 2 aliphatic heterocycles. The highest BCUT2D eigenvalue weighted by Crippen LogP contribution is 2.50. The molecule has 1 N–H and O–H groups in total. The van der Waals surface area contributed by atoms with E-state index in [9.17, 15) is 13.2 Å². The van der Waals surface area contributed by atoms with E-state index in [1.807, 2.05) is 61.2 Å². The second kappa shape index (κ2) is 13.6. The topological polar surface area (TPSA) is 85.3 Å². The average molecular weight is 636 g/mol. The Hall–Kier alpha value is -3.25. The zero-order valence-corrected chi connectivity index (χ0v) is 27.4. The SMILES string of the molecule is CCN(CCNS(C)(=O)=O)c1ccc(N=C2S/C(=C3\Sc4ccccc4N3CC)C(=O)N2CCc2ccccc2)c(C)c1. The van der Waals surface area contributed by atoms with Crippen molar-refractivity contribution in [2.75, 3.05) is 48.8 Å². The molecule has 0 radical (unpaired) electrons. The summed E-state index contributed by atoms with van der Waals surface area (Å²) in [4.78, 5) is 27.1. The first-order valence-electron chi connectivity index (χ1n) is 14.4. The summed E-state index contributed by atoms with van der Waals surface area (Å²) in [5.74, 6) is -0.0155. The van der Waals surface area contributed by atoms with Gasteiger partial charge in [0.25, 0.3) is 5.91 Å². The molecular weight excluding hydrogens is 599 g/mol. The Morgan fingerprint density at radius 2 is 1.70 bits per heavy atom. The van der Waals surface area contributed by atoms with Crippen LogP contribution >= 0.6 is 23.5 Å². The second-order valence-electron chi connectivity index (χ2n) is 10.4. The van der Waals surface area contributed by atoms with Crippen molar-refractivity contribution in [3.63, 3.8) is 0 Å². The van der Waals surface area contributed by atoms with Crippen molar-refractivity contribution < 1.29 is 13.2 Å². The van der Waals surface area contributed by atoms with E-state index in [1.165, 1.54) is 23.6 Å². The first-order valence-corrected chi connectivity index (χ1v) is 17.9. The lowest BCUT2D eigenvalue weighted by atomic mass is 10.1. The summed E-state index contributed by atoms with van der Waals surface area (Å²) in [5.41, 5.74) is 5.08. The number of fused-ring (bicyclic) bond motifs is 1. The first kappa shape index (κ1) is 31.2. The molecule has 1 amide bonds.